The number of benzene rings is 2. The fraction of sp³-hybridized carbons (Fsp3) is 0.478. The second-order valence-electron chi connectivity index (χ2n) is 16.7. The van der Waals surface area contributed by atoms with Gasteiger partial charge in [-0.05, 0) is 101 Å². The molecule has 1 fully saturated rings. The van der Waals surface area contributed by atoms with Gasteiger partial charge in [0.15, 0.2) is 22.0 Å². The van der Waals surface area contributed by atoms with Gasteiger partial charge in [0.25, 0.3) is 10.0 Å². The highest BCUT2D eigenvalue weighted by molar-refractivity contribution is 7.95. The molecule has 4 aromatic rings. The van der Waals surface area contributed by atoms with Crippen LogP contribution < -0.4 is 24.8 Å². The van der Waals surface area contributed by atoms with Crippen LogP contribution in [0.1, 0.15) is 77.0 Å². The maximum absolute atomic E-state index is 14.0. The predicted octanol–water partition coefficient (Wildman–Crippen LogP) is 4.56. The van der Waals surface area contributed by atoms with Gasteiger partial charge in [-0.2, -0.15) is 5.10 Å². The number of anilines is 1. The van der Waals surface area contributed by atoms with Crippen molar-refractivity contribution >= 4 is 66.7 Å². The number of carbonyl (C=O) groups is 5. The number of nitrogens with zero attached hydrogens (tertiary/aromatic N) is 3. The van der Waals surface area contributed by atoms with Gasteiger partial charge in [0, 0.05) is 42.9 Å². The lowest BCUT2D eigenvalue weighted by molar-refractivity contribution is -0.177. The number of nitrogens with one attached hydrogen (secondary N) is 4. The molecule has 4 heterocycles. The van der Waals surface area contributed by atoms with Gasteiger partial charge in [0.2, 0.25) is 5.91 Å². The van der Waals surface area contributed by atoms with Crippen molar-refractivity contribution < 1.29 is 64.5 Å². The summed E-state index contributed by atoms with van der Waals surface area (Å²) in [4.78, 5) is 68.9. The molecule has 2 unspecified atom stereocenters. The zero-order valence-corrected chi connectivity index (χ0v) is 42.0. The summed E-state index contributed by atoms with van der Waals surface area (Å²) in [5.41, 5.74) is 3.11. The number of hydrogen-bond acceptors (Lipinski definition) is 18. The summed E-state index contributed by atoms with van der Waals surface area (Å²) >= 11 is 0.544. The molecular formula is C46H59N7O14S3. The monoisotopic (exact) mass is 1030 g/mol. The number of sulfone groups is 1. The molecule has 2 aromatic heterocycles. The summed E-state index contributed by atoms with van der Waals surface area (Å²) in [5, 5.41) is 12.2. The number of methoxy groups -OCH3 is 1. The Hall–Kier alpha value is -6.08. The summed E-state index contributed by atoms with van der Waals surface area (Å²) in [6, 6.07) is 12.8. The van der Waals surface area contributed by atoms with Crippen molar-refractivity contribution in [3.8, 4) is 22.6 Å². The van der Waals surface area contributed by atoms with Crippen LogP contribution in [0, 0.1) is 0 Å². The highest BCUT2D eigenvalue weighted by atomic mass is 32.3. The second-order valence-corrected chi connectivity index (χ2v) is 22.2. The molecule has 1 saturated heterocycles. The van der Waals surface area contributed by atoms with E-state index >= 15 is 0 Å². The van der Waals surface area contributed by atoms with Crippen molar-refractivity contribution in [2.45, 2.75) is 98.3 Å². The summed E-state index contributed by atoms with van der Waals surface area (Å²) in [6.07, 6.45) is 1.68. The molecule has 3 amide bonds. The number of fused-ring (bicyclic) bond motifs is 1. The van der Waals surface area contributed by atoms with Crippen LogP contribution in [0.2, 0.25) is 0 Å². The van der Waals surface area contributed by atoms with Crippen LogP contribution >= 0.6 is 11.3 Å². The molecule has 21 nitrogen and oxygen atoms in total. The first-order valence-corrected chi connectivity index (χ1v) is 26.6. The highest BCUT2D eigenvalue weighted by Gasteiger charge is 2.40. The average Bonchev–Trinajstić information content (AvgIpc) is 4.15. The minimum absolute atomic E-state index is 0.0856. The van der Waals surface area contributed by atoms with Crippen LogP contribution in [0.25, 0.3) is 11.1 Å². The van der Waals surface area contributed by atoms with E-state index < -0.39 is 86.0 Å². The third-order valence-corrected chi connectivity index (χ3v) is 17.3. The van der Waals surface area contributed by atoms with E-state index in [0.717, 1.165) is 49.2 Å². The van der Waals surface area contributed by atoms with Crippen LogP contribution in [0.5, 0.6) is 11.5 Å². The largest absolute Gasteiger partial charge is 0.497 e. The van der Waals surface area contributed by atoms with Gasteiger partial charge in [0.1, 0.15) is 33.1 Å². The third-order valence-electron chi connectivity index (χ3n) is 11.5. The minimum atomic E-state index is -4.51. The fourth-order valence-electron chi connectivity index (χ4n) is 7.70. The van der Waals surface area contributed by atoms with Crippen molar-refractivity contribution in [2.24, 2.45) is 0 Å². The lowest BCUT2D eigenvalue weighted by Gasteiger charge is -2.27. The van der Waals surface area contributed by atoms with E-state index in [9.17, 15) is 40.8 Å². The Labute approximate surface area is 410 Å². The number of H-pyrrole nitrogens is 1. The number of urea groups is 1. The number of esters is 3. The molecule has 0 aliphatic carbocycles. The summed E-state index contributed by atoms with van der Waals surface area (Å²) in [5.74, 6) is -3.15. The number of aromatic amines is 1. The number of likely N-dealkylation sites (tertiary alicyclic amines) is 1. The fourth-order valence-corrected chi connectivity index (χ4v) is 12.7. The zero-order chi connectivity index (χ0) is 50.6. The first-order chi connectivity index (χ1) is 33.4. The molecule has 6 rings (SSSR count). The summed E-state index contributed by atoms with van der Waals surface area (Å²) in [7, 11) is -6.76. The number of ether oxygens (including phenoxy) is 5. The normalized spacial score (nSPS) is 17.3. The van der Waals surface area contributed by atoms with E-state index in [2.05, 4.69) is 25.7 Å². The van der Waals surface area contributed by atoms with E-state index in [0.29, 0.717) is 47.2 Å². The predicted molar refractivity (Wildman–Crippen MR) is 256 cm³/mol. The Morgan fingerprint density at radius 2 is 1.73 bits per heavy atom. The minimum Gasteiger partial charge on any atom is -0.497 e. The molecule has 2 aliphatic heterocycles. The lowest BCUT2D eigenvalue weighted by Crippen LogP contribution is -2.38. The van der Waals surface area contributed by atoms with Crippen molar-refractivity contribution in [2.75, 3.05) is 58.4 Å². The maximum Gasteiger partial charge on any atom is 0.347 e. The van der Waals surface area contributed by atoms with Crippen LogP contribution in [-0.2, 0) is 59.8 Å². The van der Waals surface area contributed by atoms with Crippen LogP contribution in [0.4, 0.5) is 10.5 Å². The second kappa shape index (κ2) is 24.2. The Morgan fingerprint density at radius 3 is 2.44 bits per heavy atom. The molecule has 0 bridgehead atoms. The van der Waals surface area contributed by atoms with E-state index in [4.69, 9.17) is 23.7 Å². The first kappa shape index (κ1) is 53.3. The zero-order valence-electron chi connectivity index (χ0n) is 39.6. The molecular weight excluding hydrogens is 971 g/mol. The van der Waals surface area contributed by atoms with Crippen molar-refractivity contribution in [3.63, 3.8) is 0 Å². The summed E-state index contributed by atoms with van der Waals surface area (Å²) in [6.45, 7) is 9.14. The Bertz CT molecular complexity index is 2710. The molecule has 2 aliphatic rings. The van der Waals surface area contributed by atoms with Gasteiger partial charge in [-0.25, -0.2) is 35.9 Å². The quantitative estimate of drug-likeness (QED) is 0.0586. The van der Waals surface area contributed by atoms with Crippen LogP contribution in [0.15, 0.2) is 69.3 Å². The maximum atomic E-state index is 14.0. The van der Waals surface area contributed by atoms with Crippen molar-refractivity contribution in [1.29, 1.82) is 0 Å². The van der Waals surface area contributed by atoms with Crippen molar-refractivity contribution in [1.82, 2.24) is 30.0 Å². The molecule has 2 aromatic carbocycles. The molecule has 4 N–H and O–H groups in total. The van der Waals surface area contributed by atoms with Gasteiger partial charge >= 0.3 is 23.9 Å². The number of thiophene rings is 1. The van der Waals surface area contributed by atoms with E-state index in [1.54, 1.807) is 43.6 Å². The molecule has 70 heavy (non-hydrogen) atoms. The van der Waals surface area contributed by atoms with E-state index in [1.807, 2.05) is 29.8 Å². The lowest BCUT2D eigenvalue weighted by atomic mass is 10.1. The average molecular weight is 1030 g/mol. The Balaban J connectivity index is 0.996. The van der Waals surface area contributed by atoms with Crippen molar-refractivity contribution in [3.05, 3.63) is 72.1 Å². The van der Waals surface area contributed by atoms with Gasteiger partial charge in [-0.3, -0.25) is 19.6 Å². The summed E-state index contributed by atoms with van der Waals surface area (Å²) < 4.78 is 80.9. The first-order valence-electron chi connectivity index (χ1n) is 22.8. The molecule has 0 spiro atoms. The highest BCUT2D eigenvalue weighted by Crippen LogP contribution is 2.43. The Kier molecular flexibility index (Phi) is 18.4. The Morgan fingerprint density at radius 1 is 0.971 bits per heavy atom. The van der Waals surface area contributed by atoms with Gasteiger partial charge in [0.05, 0.1) is 37.2 Å². The molecule has 24 heteroatoms. The molecule has 4 atom stereocenters. The standard InChI is InChI=1S/C46H59N7O14S3/c1-6-47-38-22-29(2)69(59,60)45-36(38)25-42(68-45)70(61,62)51-40(54)14-15-41(55)66-31(4)44(57)67-30(3)43(56)65-21-19-53(28-32-10-9-11-35(23-32)63-5)46(58)50-37-13-12-33(34-26-48-49-27-34)24-39(37)64-20-18-52-16-7-8-17-52/h9-13,23-27,29-31,38,47H,6-8,14-22,28H2,1-5H3,(H,48,49)(H,50,58)(H,51,54)/t29-,30?,31?,38-/m0/s1. The topological polar surface area (TPSA) is 271 Å². The van der Waals surface area contributed by atoms with Crippen LogP contribution in [-0.4, -0.2) is 137 Å². The number of aromatic nitrogens is 2. The van der Waals surface area contributed by atoms with E-state index in [1.165, 1.54) is 31.9 Å². The molecule has 0 radical (unpaired) electrons. The van der Waals surface area contributed by atoms with Crippen LogP contribution in [0.3, 0.4) is 0 Å². The SMILES string of the molecule is CCN[C@H]1C[C@H](C)S(=O)(=O)c2sc(S(=O)(=O)NC(=O)CCC(=O)OC(C)C(=O)OC(C)C(=O)OCCN(Cc3cccc(OC)c3)C(=O)Nc3ccc(-c4cn[nH]c4)cc3OCCN3CCCC3)cc21. The van der Waals surface area contributed by atoms with Gasteiger partial charge in [-0.15, -0.1) is 11.3 Å². The third kappa shape index (κ3) is 14.0. The number of carbonyl (C=O) groups excluding carboxylic acids is 5. The molecule has 380 valence electrons. The smallest absolute Gasteiger partial charge is 0.347 e. The molecule has 0 saturated carbocycles. The number of sulfonamides is 1. The number of rotatable bonds is 23. The number of hydrogen-bond donors (Lipinski definition) is 4. The van der Waals surface area contributed by atoms with Gasteiger partial charge in [-0.1, -0.05) is 25.1 Å². The van der Waals surface area contributed by atoms with Gasteiger partial charge < -0.3 is 39.2 Å². The van der Waals surface area contributed by atoms with E-state index in [-0.39, 0.29) is 34.5 Å². The number of amides is 3.